The molecule has 132 valence electrons. The second kappa shape index (κ2) is 6.47. The number of fused-ring (bicyclic) bond motifs is 2. The first-order chi connectivity index (χ1) is 11.8. The van der Waals surface area contributed by atoms with Crippen LogP contribution in [0, 0.1) is 0 Å². The van der Waals surface area contributed by atoms with Crippen LogP contribution in [0.25, 0.3) is 10.9 Å². The van der Waals surface area contributed by atoms with Crippen molar-refractivity contribution in [3.8, 4) is 0 Å². The smallest absolute Gasteiger partial charge is 0.252 e. The van der Waals surface area contributed by atoms with Gasteiger partial charge < -0.3 is 10.6 Å². The highest BCUT2D eigenvalue weighted by Crippen LogP contribution is 2.29. The fraction of sp³-hybridized carbons (Fsp3) is 0.450. The number of hydrogen-bond donors (Lipinski definition) is 2. The summed E-state index contributed by atoms with van der Waals surface area (Å²) < 4.78 is 0. The Balaban J connectivity index is 1.91. The van der Waals surface area contributed by atoms with Gasteiger partial charge in [-0.1, -0.05) is 18.2 Å². The summed E-state index contributed by atoms with van der Waals surface area (Å²) >= 11 is 0. The van der Waals surface area contributed by atoms with Gasteiger partial charge >= 0.3 is 0 Å². The minimum Gasteiger partial charge on any atom is -0.350 e. The number of aromatic nitrogens is 1. The highest BCUT2D eigenvalue weighted by atomic mass is 16.2. The van der Waals surface area contributed by atoms with E-state index in [2.05, 4.69) is 10.6 Å². The SMILES string of the molecule is CC(NC(=O)c1c2c(nc3ccccc13)CCC2)C(=O)NC(C)(C)C. The molecule has 1 aliphatic carbocycles. The molecular weight excluding hydrogens is 314 g/mol. The molecule has 0 spiro atoms. The number of amides is 2. The largest absolute Gasteiger partial charge is 0.350 e. The van der Waals surface area contributed by atoms with Gasteiger partial charge in [0.05, 0.1) is 11.1 Å². The Morgan fingerprint density at radius 3 is 2.60 bits per heavy atom. The lowest BCUT2D eigenvalue weighted by Gasteiger charge is -2.24. The lowest BCUT2D eigenvalue weighted by Crippen LogP contribution is -2.51. The van der Waals surface area contributed by atoms with Crippen LogP contribution in [-0.2, 0) is 17.6 Å². The third-order valence-electron chi connectivity index (χ3n) is 4.39. The number of nitrogens with one attached hydrogen (secondary N) is 2. The van der Waals surface area contributed by atoms with Gasteiger partial charge in [0.25, 0.3) is 5.91 Å². The van der Waals surface area contributed by atoms with Gasteiger partial charge in [0.1, 0.15) is 6.04 Å². The molecule has 1 atom stereocenters. The molecule has 3 rings (SSSR count). The summed E-state index contributed by atoms with van der Waals surface area (Å²) in [4.78, 5) is 30.0. The summed E-state index contributed by atoms with van der Waals surface area (Å²) in [5.74, 6) is -0.385. The Morgan fingerprint density at radius 1 is 1.16 bits per heavy atom. The molecule has 1 aromatic heterocycles. The van der Waals surface area contributed by atoms with E-state index in [1.165, 1.54) is 0 Å². The predicted octanol–water partition coefficient (Wildman–Crippen LogP) is 2.76. The van der Waals surface area contributed by atoms with E-state index in [4.69, 9.17) is 4.98 Å². The molecule has 2 aromatic rings. The van der Waals surface area contributed by atoms with Crippen molar-refractivity contribution in [2.45, 2.75) is 58.5 Å². The zero-order chi connectivity index (χ0) is 18.2. The van der Waals surface area contributed by atoms with Gasteiger partial charge in [0.15, 0.2) is 0 Å². The van der Waals surface area contributed by atoms with E-state index in [1.807, 2.05) is 45.0 Å². The number of pyridine rings is 1. The van der Waals surface area contributed by atoms with Crippen LogP contribution in [0.2, 0.25) is 0 Å². The second-order valence-corrected chi connectivity index (χ2v) is 7.72. The van der Waals surface area contributed by atoms with Crippen molar-refractivity contribution in [1.82, 2.24) is 15.6 Å². The fourth-order valence-electron chi connectivity index (χ4n) is 3.28. The number of carbonyl (C=O) groups excluding carboxylic acids is 2. The highest BCUT2D eigenvalue weighted by Gasteiger charge is 2.26. The molecule has 1 unspecified atom stereocenters. The van der Waals surface area contributed by atoms with Gasteiger partial charge in [-0.3, -0.25) is 14.6 Å². The van der Waals surface area contributed by atoms with Crippen molar-refractivity contribution in [3.63, 3.8) is 0 Å². The summed E-state index contributed by atoms with van der Waals surface area (Å²) in [6.07, 6.45) is 2.78. The van der Waals surface area contributed by atoms with Gasteiger partial charge in [-0.15, -0.1) is 0 Å². The van der Waals surface area contributed by atoms with Crippen LogP contribution in [0.1, 0.15) is 55.7 Å². The second-order valence-electron chi connectivity index (χ2n) is 7.72. The van der Waals surface area contributed by atoms with Crippen molar-refractivity contribution in [2.24, 2.45) is 0 Å². The van der Waals surface area contributed by atoms with Crippen LogP contribution in [0.4, 0.5) is 0 Å². The number of carbonyl (C=O) groups is 2. The normalized spacial score (nSPS) is 14.9. The molecule has 2 amide bonds. The summed E-state index contributed by atoms with van der Waals surface area (Å²) in [6.45, 7) is 7.47. The monoisotopic (exact) mass is 339 g/mol. The zero-order valence-corrected chi connectivity index (χ0v) is 15.3. The van der Waals surface area contributed by atoms with Gasteiger partial charge in [0, 0.05) is 16.6 Å². The molecule has 0 bridgehead atoms. The topological polar surface area (TPSA) is 71.1 Å². The Bertz CT molecular complexity index is 837. The molecule has 1 heterocycles. The average molecular weight is 339 g/mol. The van der Waals surface area contributed by atoms with Gasteiger partial charge in [-0.05, 0) is 58.6 Å². The number of rotatable bonds is 3. The Hall–Kier alpha value is -2.43. The van der Waals surface area contributed by atoms with Crippen molar-refractivity contribution in [1.29, 1.82) is 0 Å². The van der Waals surface area contributed by atoms with Crippen molar-refractivity contribution < 1.29 is 9.59 Å². The van der Waals surface area contributed by atoms with Crippen LogP contribution >= 0.6 is 0 Å². The minimum atomic E-state index is -0.601. The quantitative estimate of drug-likeness (QED) is 0.903. The number of nitrogens with zero attached hydrogens (tertiary/aromatic N) is 1. The van der Waals surface area contributed by atoms with Gasteiger partial charge in [-0.25, -0.2) is 0 Å². The van der Waals surface area contributed by atoms with Crippen LogP contribution in [0.15, 0.2) is 24.3 Å². The van der Waals surface area contributed by atoms with Crippen LogP contribution in [0.3, 0.4) is 0 Å². The van der Waals surface area contributed by atoms with E-state index in [9.17, 15) is 9.59 Å². The maximum absolute atomic E-state index is 13.0. The maximum atomic E-state index is 13.0. The molecular formula is C20H25N3O2. The molecule has 1 aliphatic rings. The molecule has 0 radical (unpaired) electrons. The molecule has 0 aliphatic heterocycles. The molecule has 0 saturated heterocycles. The number of para-hydroxylation sites is 1. The number of hydrogen-bond acceptors (Lipinski definition) is 3. The van der Waals surface area contributed by atoms with E-state index >= 15 is 0 Å². The Kier molecular flexibility index (Phi) is 4.50. The van der Waals surface area contributed by atoms with Gasteiger partial charge in [0.2, 0.25) is 5.91 Å². The standard InChI is InChI=1S/C20H25N3O2/c1-12(18(24)23-20(2,3)4)21-19(25)17-13-8-5-6-10-15(13)22-16-11-7-9-14(16)17/h5-6,8,10,12H,7,9,11H2,1-4H3,(H,21,25)(H,23,24). The van der Waals surface area contributed by atoms with Gasteiger partial charge in [-0.2, -0.15) is 0 Å². The Morgan fingerprint density at radius 2 is 1.88 bits per heavy atom. The van der Waals surface area contributed by atoms with Crippen LogP contribution in [0.5, 0.6) is 0 Å². The molecule has 0 fully saturated rings. The average Bonchev–Trinajstić information content (AvgIpc) is 2.98. The van der Waals surface area contributed by atoms with Crippen LogP contribution < -0.4 is 10.6 Å². The Labute approximate surface area is 148 Å². The summed E-state index contributed by atoms with van der Waals surface area (Å²) in [7, 11) is 0. The molecule has 2 N–H and O–H groups in total. The summed E-state index contributed by atoms with van der Waals surface area (Å²) in [6, 6.07) is 7.10. The number of aryl methyl sites for hydroxylation is 1. The fourth-order valence-corrected chi connectivity index (χ4v) is 3.28. The molecule has 5 heteroatoms. The summed E-state index contributed by atoms with van der Waals surface area (Å²) in [5.41, 5.74) is 3.21. The lowest BCUT2D eigenvalue weighted by atomic mass is 10.00. The highest BCUT2D eigenvalue weighted by molar-refractivity contribution is 6.09. The van der Waals surface area contributed by atoms with Crippen molar-refractivity contribution in [3.05, 3.63) is 41.1 Å². The van der Waals surface area contributed by atoms with Crippen molar-refractivity contribution in [2.75, 3.05) is 0 Å². The first-order valence-electron chi connectivity index (χ1n) is 8.79. The maximum Gasteiger partial charge on any atom is 0.252 e. The summed E-state index contributed by atoms with van der Waals surface area (Å²) in [5, 5.41) is 6.61. The minimum absolute atomic E-state index is 0.184. The molecule has 25 heavy (non-hydrogen) atoms. The van der Waals surface area contributed by atoms with E-state index in [-0.39, 0.29) is 17.4 Å². The van der Waals surface area contributed by atoms with E-state index < -0.39 is 6.04 Å². The molecule has 0 saturated carbocycles. The first-order valence-corrected chi connectivity index (χ1v) is 8.79. The molecule has 5 nitrogen and oxygen atoms in total. The van der Waals surface area contributed by atoms with E-state index in [1.54, 1.807) is 6.92 Å². The van der Waals surface area contributed by atoms with E-state index in [0.717, 1.165) is 41.4 Å². The third-order valence-corrected chi connectivity index (χ3v) is 4.39. The molecule has 1 aromatic carbocycles. The third kappa shape index (κ3) is 3.65. The van der Waals surface area contributed by atoms with E-state index in [0.29, 0.717) is 5.56 Å². The first kappa shape index (κ1) is 17.4. The van der Waals surface area contributed by atoms with Crippen LogP contribution in [-0.4, -0.2) is 28.4 Å². The predicted molar refractivity (Wildman–Crippen MR) is 98.6 cm³/mol. The zero-order valence-electron chi connectivity index (χ0n) is 15.3. The van der Waals surface area contributed by atoms with Crippen molar-refractivity contribution >= 4 is 22.7 Å². The lowest BCUT2D eigenvalue weighted by molar-refractivity contribution is -0.124. The number of benzene rings is 1.